The van der Waals surface area contributed by atoms with Crippen molar-refractivity contribution >= 4 is 17.3 Å². The highest BCUT2D eigenvalue weighted by Gasteiger charge is 2.38. The molecule has 0 radical (unpaired) electrons. The zero-order chi connectivity index (χ0) is 22.3. The van der Waals surface area contributed by atoms with E-state index in [9.17, 15) is 18.3 Å². The van der Waals surface area contributed by atoms with Crippen LogP contribution in [0, 0.1) is 5.92 Å². The fourth-order valence-corrected chi connectivity index (χ4v) is 4.10. The van der Waals surface area contributed by atoms with Gasteiger partial charge < -0.3 is 10.2 Å². The zero-order valence-corrected chi connectivity index (χ0v) is 17.8. The first-order valence-electron chi connectivity index (χ1n) is 9.76. The Morgan fingerprint density at radius 3 is 2.37 bits per heavy atom. The number of hydrogen-bond acceptors (Lipinski definition) is 6. The third-order valence-corrected chi connectivity index (χ3v) is 6.04. The van der Waals surface area contributed by atoms with Crippen LogP contribution in [-0.2, 0) is 24.3 Å². The number of nitrogens with zero attached hydrogens (tertiary/aromatic N) is 4. The topological polar surface area (TPSA) is 91.5 Å². The quantitative estimate of drug-likeness (QED) is 0.703. The number of aryl methyl sites for hydroxylation is 1. The van der Waals surface area contributed by atoms with Gasteiger partial charge >= 0.3 is 12.1 Å². The summed E-state index contributed by atoms with van der Waals surface area (Å²) in [6, 6.07) is 4.54. The van der Waals surface area contributed by atoms with Gasteiger partial charge in [-0.25, -0.2) is 4.79 Å². The Bertz CT molecular complexity index is 799. The van der Waals surface area contributed by atoms with Crippen LogP contribution in [0.5, 0.6) is 0 Å². The van der Waals surface area contributed by atoms with E-state index in [0.717, 1.165) is 32.6 Å². The van der Waals surface area contributed by atoms with Crippen molar-refractivity contribution in [1.82, 2.24) is 19.9 Å². The molecular weight excluding hydrogens is 421 g/mol. The first kappa shape index (κ1) is 24.3. The van der Waals surface area contributed by atoms with Gasteiger partial charge in [-0.15, -0.1) is 16.4 Å². The summed E-state index contributed by atoms with van der Waals surface area (Å²) in [6.07, 6.45) is -0.204. The van der Waals surface area contributed by atoms with Crippen LogP contribution in [0.4, 0.5) is 13.2 Å². The van der Waals surface area contributed by atoms with Crippen LogP contribution >= 0.6 is 11.3 Å². The minimum absolute atomic E-state index is 0.538. The van der Waals surface area contributed by atoms with E-state index in [0.29, 0.717) is 11.6 Å². The minimum atomic E-state index is -5.08. The van der Waals surface area contributed by atoms with E-state index < -0.39 is 18.2 Å². The molecule has 2 aromatic rings. The number of aromatic nitrogens is 3. The molecule has 7 nitrogen and oxygen atoms in total. The summed E-state index contributed by atoms with van der Waals surface area (Å²) >= 11 is 1.95. The molecule has 3 rings (SSSR count). The standard InChI is InChI=1S/C17H26N4OS.C2HF3O2/c1-3-15-4-5-16(23-15)11-20-8-6-14(7-9-20)10-21-12-17(13(2)22)18-19-21;3-2(4,5)1(6)7/h4-5,12-14,22H,3,6-11H2,1-2H3;(H,6,7). The van der Waals surface area contributed by atoms with Crippen molar-refractivity contribution in [2.45, 2.75) is 58.5 Å². The maximum atomic E-state index is 10.6. The number of piperidine rings is 1. The van der Waals surface area contributed by atoms with E-state index in [2.05, 4.69) is 34.3 Å². The molecule has 30 heavy (non-hydrogen) atoms. The van der Waals surface area contributed by atoms with E-state index in [4.69, 9.17) is 9.90 Å². The fourth-order valence-electron chi connectivity index (χ4n) is 3.10. The summed E-state index contributed by atoms with van der Waals surface area (Å²) in [6.45, 7) is 8.25. The molecule has 2 aromatic heterocycles. The Labute approximate surface area is 177 Å². The van der Waals surface area contributed by atoms with Crippen LogP contribution in [-0.4, -0.2) is 55.3 Å². The van der Waals surface area contributed by atoms with Gasteiger partial charge in [-0.3, -0.25) is 9.58 Å². The van der Waals surface area contributed by atoms with Crippen LogP contribution < -0.4 is 0 Å². The van der Waals surface area contributed by atoms with E-state index in [1.165, 1.54) is 22.6 Å². The lowest BCUT2D eigenvalue weighted by Crippen LogP contribution is -2.34. The summed E-state index contributed by atoms with van der Waals surface area (Å²) in [5, 5.41) is 24.8. The van der Waals surface area contributed by atoms with Crippen LogP contribution in [0.3, 0.4) is 0 Å². The average Bonchev–Trinajstić information content (AvgIpc) is 3.32. The van der Waals surface area contributed by atoms with Crippen molar-refractivity contribution in [3.05, 3.63) is 33.8 Å². The van der Waals surface area contributed by atoms with E-state index >= 15 is 0 Å². The highest BCUT2D eigenvalue weighted by molar-refractivity contribution is 7.11. The van der Waals surface area contributed by atoms with Crippen LogP contribution in [0.2, 0.25) is 0 Å². The third-order valence-electron chi connectivity index (χ3n) is 4.82. The molecule has 0 aliphatic carbocycles. The summed E-state index contributed by atoms with van der Waals surface area (Å²) < 4.78 is 33.6. The number of carboxylic acids is 1. The van der Waals surface area contributed by atoms with Gasteiger partial charge in [0.2, 0.25) is 0 Å². The summed E-state index contributed by atoms with van der Waals surface area (Å²) in [7, 11) is 0. The fraction of sp³-hybridized carbons (Fsp3) is 0.632. The summed E-state index contributed by atoms with van der Waals surface area (Å²) in [5.74, 6) is -2.10. The molecule has 0 aromatic carbocycles. The number of aliphatic hydroxyl groups excluding tert-OH is 1. The van der Waals surface area contributed by atoms with Crippen molar-refractivity contribution < 1.29 is 28.2 Å². The number of aliphatic hydroxyl groups is 1. The first-order valence-corrected chi connectivity index (χ1v) is 10.6. The molecule has 0 saturated carbocycles. The summed E-state index contributed by atoms with van der Waals surface area (Å²) in [4.78, 5) is 14.4. The number of alkyl halides is 3. The van der Waals surface area contributed by atoms with E-state index in [1.807, 2.05) is 22.2 Å². The molecule has 1 atom stereocenters. The lowest BCUT2D eigenvalue weighted by molar-refractivity contribution is -0.192. The largest absolute Gasteiger partial charge is 0.490 e. The second-order valence-electron chi connectivity index (χ2n) is 7.29. The van der Waals surface area contributed by atoms with Crippen LogP contribution in [0.15, 0.2) is 18.3 Å². The Kier molecular flexibility index (Phi) is 8.80. The zero-order valence-electron chi connectivity index (χ0n) is 17.0. The van der Waals surface area contributed by atoms with Crippen molar-refractivity contribution in [3.8, 4) is 0 Å². The molecule has 0 amide bonds. The number of carboxylic acid groups (broad SMARTS) is 1. The normalized spacial score (nSPS) is 16.7. The number of aliphatic carboxylic acids is 1. The number of rotatable bonds is 6. The second-order valence-corrected chi connectivity index (χ2v) is 8.54. The highest BCUT2D eigenvalue weighted by Crippen LogP contribution is 2.24. The van der Waals surface area contributed by atoms with Gasteiger partial charge in [-0.2, -0.15) is 13.2 Å². The molecule has 0 spiro atoms. The van der Waals surface area contributed by atoms with Gasteiger partial charge in [0.05, 0.1) is 12.3 Å². The molecule has 1 fully saturated rings. The van der Waals surface area contributed by atoms with E-state index in [1.54, 1.807) is 6.92 Å². The Balaban J connectivity index is 0.000000396. The summed E-state index contributed by atoms with van der Waals surface area (Å²) in [5.41, 5.74) is 0.659. The maximum Gasteiger partial charge on any atom is 0.490 e. The molecular formula is C19H27F3N4O3S. The monoisotopic (exact) mass is 448 g/mol. The molecule has 1 aliphatic heterocycles. The van der Waals surface area contributed by atoms with Crippen molar-refractivity contribution in [2.75, 3.05) is 13.1 Å². The average molecular weight is 449 g/mol. The number of halogens is 3. The van der Waals surface area contributed by atoms with E-state index in [-0.39, 0.29) is 0 Å². The van der Waals surface area contributed by atoms with Crippen molar-refractivity contribution in [2.24, 2.45) is 5.92 Å². The number of carbonyl (C=O) groups is 1. The highest BCUT2D eigenvalue weighted by atomic mass is 32.1. The minimum Gasteiger partial charge on any atom is -0.475 e. The van der Waals surface area contributed by atoms with Gasteiger partial charge in [0.25, 0.3) is 0 Å². The van der Waals surface area contributed by atoms with Crippen molar-refractivity contribution in [3.63, 3.8) is 0 Å². The Hall–Kier alpha value is -1.98. The lowest BCUT2D eigenvalue weighted by Gasteiger charge is -2.31. The number of hydrogen-bond donors (Lipinski definition) is 2. The molecule has 1 aliphatic rings. The smallest absolute Gasteiger partial charge is 0.475 e. The first-order chi connectivity index (χ1) is 14.1. The van der Waals surface area contributed by atoms with Gasteiger partial charge in [0.15, 0.2) is 0 Å². The van der Waals surface area contributed by atoms with Crippen LogP contribution in [0.1, 0.15) is 48.2 Å². The molecule has 1 unspecified atom stereocenters. The van der Waals surface area contributed by atoms with Crippen molar-refractivity contribution in [1.29, 1.82) is 0 Å². The predicted octanol–water partition coefficient (Wildman–Crippen LogP) is 3.50. The molecule has 168 valence electrons. The van der Waals surface area contributed by atoms with Gasteiger partial charge in [0.1, 0.15) is 5.69 Å². The molecule has 2 N–H and O–H groups in total. The predicted molar refractivity (Wildman–Crippen MR) is 106 cm³/mol. The molecule has 11 heteroatoms. The van der Waals surface area contributed by atoms with Gasteiger partial charge in [-0.05, 0) is 57.3 Å². The molecule has 0 bridgehead atoms. The number of likely N-dealkylation sites (tertiary alicyclic amines) is 1. The second kappa shape index (κ2) is 10.9. The Morgan fingerprint density at radius 2 is 1.90 bits per heavy atom. The van der Waals surface area contributed by atoms with Gasteiger partial charge in [-0.1, -0.05) is 12.1 Å². The third kappa shape index (κ3) is 7.69. The lowest BCUT2D eigenvalue weighted by atomic mass is 9.97. The Morgan fingerprint density at radius 1 is 1.30 bits per heavy atom. The number of thiophene rings is 1. The SMILES string of the molecule is CCc1ccc(CN2CCC(Cn3cc(C(C)O)nn3)CC2)s1.O=C(O)C(F)(F)F. The molecule has 1 saturated heterocycles. The van der Waals surface area contributed by atoms with Gasteiger partial charge in [0, 0.05) is 22.8 Å². The van der Waals surface area contributed by atoms with Crippen LogP contribution in [0.25, 0.3) is 0 Å². The maximum absolute atomic E-state index is 10.6. The molecule has 3 heterocycles.